The number of rotatable bonds is 3. The van der Waals surface area contributed by atoms with Crippen molar-refractivity contribution >= 4 is 17.4 Å². The quantitative estimate of drug-likeness (QED) is 0.762. The molecule has 0 radical (unpaired) electrons. The van der Waals surface area contributed by atoms with E-state index < -0.39 is 0 Å². The molecule has 1 unspecified atom stereocenters. The lowest BCUT2D eigenvalue weighted by Crippen LogP contribution is -2.38. The highest BCUT2D eigenvalue weighted by molar-refractivity contribution is 5.84. The molecule has 0 saturated carbocycles. The zero-order valence-electron chi connectivity index (χ0n) is 13.4. The van der Waals surface area contributed by atoms with E-state index in [1.165, 1.54) is 12.1 Å². The predicted octanol–water partition coefficient (Wildman–Crippen LogP) is 2.01. The van der Waals surface area contributed by atoms with Crippen LogP contribution < -0.4 is 10.6 Å². The minimum Gasteiger partial charge on any atom is -0.357 e. The lowest BCUT2D eigenvalue weighted by Gasteiger charge is -2.15. The average Bonchev–Trinajstić information content (AvgIpc) is 2.93. The van der Waals surface area contributed by atoms with Crippen LogP contribution in [0.2, 0.25) is 0 Å². The van der Waals surface area contributed by atoms with Gasteiger partial charge in [0.15, 0.2) is 11.5 Å². The third-order valence-corrected chi connectivity index (χ3v) is 4.20. The molecular formula is C17H17FN6O. The van der Waals surface area contributed by atoms with Gasteiger partial charge >= 0.3 is 0 Å². The van der Waals surface area contributed by atoms with Crippen LogP contribution in [0.25, 0.3) is 17.0 Å². The highest BCUT2D eigenvalue weighted by Gasteiger charge is 2.21. The molecule has 0 spiro atoms. The van der Waals surface area contributed by atoms with Gasteiger partial charge < -0.3 is 10.6 Å². The molecule has 1 aromatic carbocycles. The maximum absolute atomic E-state index is 13.5. The Kier molecular flexibility index (Phi) is 4.01. The minimum atomic E-state index is -0.348. The van der Waals surface area contributed by atoms with Gasteiger partial charge in [-0.05, 0) is 43.5 Å². The van der Waals surface area contributed by atoms with Gasteiger partial charge in [-0.25, -0.2) is 4.39 Å². The molecule has 1 saturated heterocycles. The number of hydrogen-bond acceptors (Lipinski definition) is 5. The van der Waals surface area contributed by atoms with Crippen molar-refractivity contribution in [1.82, 2.24) is 25.1 Å². The van der Waals surface area contributed by atoms with E-state index in [4.69, 9.17) is 0 Å². The van der Waals surface area contributed by atoms with Crippen LogP contribution in [0, 0.1) is 5.82 Å². The van der Waals surface area contributed by atoms with Crippen LogP contribution in [0.5, 0.6) is 0 Å². The van der Waals surface area contributed by atoms with Crippen molar-refractivity contribution in [2.24, 2.45) is 0 Å². The molecule has 1 atom stereocenters. The molecule has 2 N–H and O–H groups in total. The Hall–Kier alpha value is -3.03. The number of fused-ring (bicyclic) bond motifs is 1. The van der Waals surface area contributed by atoms with E-state index in [-0.39, 0.29) is 17.8 Å². The van der Waals surface area contributed by atoms with Crippen molar-refractivity contribution in [3.05, 3.63) is 42.2 Å². The fourth-order valence-electron chi connectivity index (χ4n) is 2.93. The van der Waals surface area contributed by atoms with E-state index in [1.54, 1.807) is 28.8 Å². The molecule has 7 nitrogen and oxygen atoms in total. The van der Waals surface area contributed by atoms with Gasteiger partial charge in [-0.3, -0.25) is 4.79 Å². The van der Waals surface area contributed by atoms with Crippen molar-refractivity contribution < 1.29 is 9.18 Å². The van der Waals surface area contributed by atoms with Gasteiger partial charge in [-0.1, -0.05) is 12.1 Å². The Balaban J connectivity index is 1.67. The third kappa shape index (κ3) is 3.15. The van der Waals surface area contributed by atoms with Crippen molar-refractivity contribution in [1.29, 1.82) is 0 Å². The highest BCUT2D eigenvalue weighted by Crippen LogP contribution is 2.20. The van der Waals surface area contributed by atoms with Gasteiger partial charge in [0, 0.05) is 12.1 Å². The molecule has 8 heteroatoms. The van der Waals surface area contributed by atoms with E-state index in [1.807, 2.05) is 0 Å². The Bertz CT molecular complexity index is 924. The van der Waals surface area contributed by atoms with Crippen LogP contribution in [0.1, 0.15) is 19.3 Å². The largest absolute Gasteiger partial charge is 0.357 e. The molecular weight excluding hydrogens is 323 g/mol. The molecule has 0 aliphatic carbocycles. The molecule has 4 rings (SSSR count). The molecule has 0 bridgehead atoms. The van der Waals surface area contributed by atoms with Gasteiger partial charge in [0.2, 0.25) is 5.91 Å². The van der Waals surface area contributed by atoms with Gasteiger partial charge in [0.1, 0.15) is 17.7 Å². The first-order valence-corrected chi connectivity index (χ1v) is 8.23. The van der Waals surface area contributed by atoms with Gasteiger partial charge in [0.25, 0.3) is 0 Å². The van der Waals surface area contributed by atoms with Crippen LogP contribution in [0.3, 0.4) is 0 Å². The molecule has 1 aliphatic rings. The number of carbonyl (C=O) groups excluding carboxylic acids is 1. The summed E-state index contributed by atoms with van der Waals surface area (Å²) in [6, 6.07) is 9.33. The first-order valence-electron chi connectivity index (χ1n) is 8.23. The Morgan fingerprint density at radius 3 is 3.00 bits per heavy atom. The van der Waals surface area contributed by atoms with Gasteiger partial charge in [-0.15, -0.1) is 15.3 Å². The Morgan fingerprint density at radius 1 is 1.20 bits per heavy atom. The monoisotopic (exact) mass is 340 g/mol. The van der Waals surface area contributed by atoms with Crippen LogP contribution >= 0.6 is 0 Å². The summed E-state index contributed by atoms with van der Waals surface area (Å²) in [5, 5.41) is 18.7. The summed E-state index contributed by atoms with van der Waals surface area (Å²) in [7, 11) is 0. The number of halogens is 1. The van der Waals surface area contributed by atoms with E-state index in [0.29, 0.717) is 29.4 Å². The summed E-state index contributed by atoms with van der Waals surface area (Å²) in [4.78, 5) is 12.1. The normalized spacial score (nSPS) is 18.0. The Labute approximate surface area is 143 Å². The molecule has 2 aromatic heterocycles. The minimum absolute atomic E-state index is 0.0199. The summed E-state index contributed by atoms with van der Waals surface area (Å²) in [6.07, 6.45) is 2.70. The second-order valence-corrected chi connectivity index (χ2v) is 6.01. The average molecular weight is 340 g/mol. The summed E-state index contributed by atoms with van der Waals surface area (Å²) >= 11 is 0. The highest BCUT2D eigenvalue weighted by atomic mass is 19.1. The topological polar surface area (TPSA) is 84.2 Å². The molecule has 1 fully saturated rings. The number of nitrogens with one attached hydrogen (secondary N) is 2. The first-order chi connectivity index (χ1) is 12.2. The van der Waals surface area contributed by atoms with Gasteiger partial charge in [0.05, 0.1) is 0 Å². The van der Waals surface area contributed by atoms with Crippen molar-refractivity contribution in [3.63, 3.8) is 0 Å². The number of hydrogen-bond donors (Lipinski definition) is 2. The Morgan fingerprint density at radius 2 is 2.12 bits per heavy atom. The van der Waals surface area contributed by atoms with E-state index in [9.17, 15) is 9.18 Å². The zero-order valence-corrected chi connectivity index (χ0v) is 13.4. The molecule has 1 amide bonds. The molecule has 1 aliphatic heterocycles. The summed E-state index contributed by atoms with van der Waals surface area (Å²) < 4.78 is 15.0. The number of aromatic nitrogens is 4. The van der Waals surface area contributed by atoms with Crippen molar-refractivity contribution in [2.75, 3.05) is 11.9 Å². The smallest absolute Gasteiger partial charge is 0.242 e. The maximum atomic E-state index is 13.5. The second kappa shape index (κ2) is 6.46. The zero-order chi connectivity index (χ0) is 17.2. The summed E-state index contributed by atoms with van der Waals surface area (Å²) in [5.41, 5.74) is 1.14. The van der Waals surface area contributed by atoms with Crippen LogP contribution in [-0.4, -0.2) is 38.3 Å². The fourth-order valence-corrected chi connectivity index (χ4v) is 2.93. The lowest BCUT2D eigenvalue weighted by molar-refractivity contribution is -0.121. The lowest BCUT2D eigenvalue weighted by atomic mass is 10.1. The SMILES string of the molecule is O=C1NCCCCC1Nc1ccc2nnc(-c3cccc(F)c3)n2n1. The third-order valence-electron chi connectivity index (χ3n) is 4.20. The first kappa shape index (κ1) is 15.5. The molecule has 25 heavy (non-hydrogen) atoms. The summed E-state index contributed by atoms with van der Waals surface area (Å²) in [6.45, 7) is 0.707. The van der Waals surface area contributed by atoms with Crippen LogP contribution in [0.15, 0.2) is 36.4 Å². The number of nitrogens with zero attached hydrogens (tertiary/aromatic N) is 4. The predicted molar refractivity (Wildman–Crippen MR) is 90.4 cm³/mol. The van der Waals surface area contributed by atoms with E-state index in [0.717, 1.165) is 19.3 Å². The number of amides is 1. The van der Waals surface area contributed by atoms with E-state index in [2.05, 4.69) is 25.9 Å². The summed E-state index contributed by atoms with van der Waals surface area (Å²) in [5.74, 6) is 0.627. The second-order valence-electron chi connectivity index (χ2n) is 6.01. The van der Waals surface area contributed by atoms with Crippen LogP contribution in [-0.2, 0) is 4.79 Å². The number of carbonyl (C=O) groups is 1. The van der Waals surface area contributed by atoms with Crippen LogP contribution in [0.4, 0.5) is 10.2 Å². The molecule has 3 heterocycles. The standard InChI is InChI=1S/C17H17FN6O/c18-12-5-3-4-11(10-12)16-22-21-15-8-7-14(23-24(15)16)20-13-6-1-2-9-19-17(13)25/h3-5,7-8,10,13H,1-2,6,9H2,(H,19,25)(H,20,23). The molecule has 128 valence electrons. The molecule has 3 aromatic rings. The number of anilines is 1. The van der Waals surface area contributed by atoms with Gasteiger partial charge in [-0.2, -0.15) is 4.52 Å². The number of benzene rings is 1. The van der Waals surface area contributed by atoms with Crippen molar-refractivity contribution in [2.45, 2.75) is 25.3 Å². The van der Waals surface area contributed by atoms with E-state index >= 15 is 0 Å². The maximum Gasteiger partial charge on any atom is 0.242 e. The fraction of sp³-hybridized carbons (Fsp3) is 0.294. The van der Waals surface area contributed by atoms with Crippen molar-refractivity contribution in [3.8, 4) is 11.4 Å².